The molecule has 55 heavy (non-hydrogen) atoms. The molecule has 5 N–H and O–H groups in total. The molecule has 0 heterocycles. The average molecular weight is 759 g/mol. The van der Waals surface area contributed by atoms with Crippen LogP contribution in [-0.4, -0.2) is 110 Å². The third-order valence-electron chi connectivity index (χ3n) is 6.60. The molecule has 14 heteroatoms. The van der Waals surface area contributed by atoms with Crippen LogP contribution in [0.15, 0.2) is 121 Å². The van der Waals surface area contributed by atoms with Crippen LogP contribution in [0.4, 0.5) is 0 Å². The minimum Gasteiger partial charge on any atom is -0.464 e. The first kappa shape index (κ1) is 46.6. The number of hydrogen-bond donors (Lipinski definition) is 5. The van der Waals surface area contributed by atoms with Crippen molar-refractivity contribution >= 4 is 35.6 Å². The van der Waals surface area contributed by atoms with Crippen molar-refractivity contribution in [2.75, 3.05) is 53.6 Å². The Morgan fingerprint density at radius 1 is 0.582 bits per heavy atom. The third-order valence-corrected chi connectivity index (χ3v) is 6.60. The van der Waals surface area contributed by atoms with Crippen molar-refractivity contribution in [3.8, 4) is 0 Å². The van der Waals surface area contributed by atoms with Gasteiger partial charge >= 0.3 is 11.9 Å². The summed E-state index contributed by atoms with van der Waals surface area (Å²) in [5.74, 6) is -1.18. The molecule has 0 saturated carbocycles. The Balaban J connectivity index is 0.000000369. The molecule has 0 saturated heterocycles. The monoisotopic (exact) mass is 758 g/mol. The number of benzene rings is 4. The molecule has 294 valence electrons. The second-order valence-electron chi connectivity index (χ2n) is 11.4. The van der Waals surface area contributed by atoms with Gasteiger partial charge in [0.15, 0.2) is 0 Å². The average Bonchev–Trinajstić information content (AvgIpc) is 3.21. The van der Waals surface area contributed by atoms with Crippen LogP contribution in [0.1, 0.15) is 55.3 Å². The SMILES string of the molecule is CC(=O)NCCNC(=O)c1ccccc1.CC(=O)OCCNC(=O)c1ccccc1.CN(C)C(=O)c1ccccc1.O=C(OCC(O)CO)c1ccccc1. The largest absolute Gasteiger partial charge is 0.464 e. The molecule has 4 aromatic carbocycles. The maximum Gasteiger partial charge on any atom is 0.338 e. The summed E-state index contributed by atoms with van der Waals surface area (Å²) in [4.78, 5) is 67.9. The molecule has 0 radical (unpaired) electrons. The van der Waals surface area contributed by atoms with Gasteiger partial charge in [-0.3, -0.25) is 24.0 Å². The van der Waals surface area contributed by atoms with Gasteiger partial charge in [0.1, 0.15) is 19.3 Å². The molecule has 0 aromatic heterocycles. The fourth-order valence-corrected chi connectivity index (χ4v) is 3.88. The number of ether oxygens (including phenoxy) is 2. The minimum atomic E-state index is -1.01. The van der Waals surface area contributed by atoms with Gasteiger partial charge in [0, 0.05) is 57.7 Å². The zero-order valence-corrected chi connectivity index (χ0v) is 31.5. The van der Waals surface area contributed by atoms with Crippen molar-refractivity contribution in [3.63, 3.8) is 0 Å². The van der Waals surface area contributed by atoms with Gasteiger partial charge in [0.05, 0.1) is 18.7 Å². The molecule has 4 aromatic rings. The highest BCUT2D eigenvalue weighted by atomic mass is 16.5. The Bertz CT molecular complexity index is 1640. The van der Waals surface area contributed by atoms with Crippen molar-refractivity contribution in [2.24, 2.45) is 0 Å². The topological polar surface area (TPSA) is 201 Å². The Morgan fingerprint density at radius 2 is 0.982 bits per heavy atom. The van der Waals surface area contributed by atoms with Crippen molar-refractivity contribution in [2.45, 2.75) is 20.0 Å². The molecule has 0 bridgehead atoms. The van der Waals surface area contributed by atoms with Gasteiger partial charge in [-0.2, -0.15) is 0 Å². The number of aliphatic hydroxyl groups excluding tert-OH is 2. The summed E-state index contributed by atoms with van der Waals surface area (Å²) in [5, 5.41) is 25.3. The first-order chi connectivity index (χ1) is 26.3. The van der Waals surface area contributed by atoms with Gasteiger partial charge in [0.2, 0.25) is 5.91 Å². The van der Waals surface area contributed by atoms with Crippen molar-refractivity contribution in [1.82, 2.24) is 20.9 Å². The van der Waals surface area contributed by atoms with E-state index in [0.29, 0.717) is 36.3 Å². The lowest BCUT2D eigenvalue weighted by atomic mass is 10.2. The van der Waals surface area contributed by atoms with Crippen molar-refractivity contribution in [1.29, 1.82) is 0 Å². The van der Waals surface area contributed by atoms with E-state index in [1.54, 1.807) is 85.7 Å². The highest BCUT2D eigenvalue weighted by Crippen LogP contribution is 2.02. The van der Waals surface area contributed by atoms with Gasteiger partial charge in [-0.1, -0.05) is 72.8 Å². The van der Waals surface area contributed by atoms with Crippen LogP contribution in [0, 0.1) is 0 Å². The van der Waals surface area contributed by atoms with E-state index in [4.69, 9.17) is 14.9 Å². The van der Waals surface area contributed by atoms with Gasteiger partial charge in [-0.05, 0) is 48.5 Å². The number of nitrogens with zero attached hydrogens (tertiary/aromatic N) is 1. The van der Waals surface area contributed by atoms with E-state index < -0.39 is 18.7 Å². The highest BCUT2D eigenvalue weighted by Gasteiger charge is 2.09. The van der Waals surface area contributed by atoms with Crippen LogP contribution in [0.5, 0.6) is 0 Å². The summed E-state index contributed by atoms with van der Waals surface area (Å²) in [7, 11) is 3.49. The lowest BCUT2D eigenvalue weighted by molar-refractivity contribution is -0.140. The number of rotatable bonds is 13. The molecular weight excluding hydrogens is 708 g/mol. The van der Waals surface area contributed by atoms with Crippen LogP contribution in [0.2, 0.25) is 0 Å². The second-order valence-corrected chi connectivity index (χ2v) is 11.4. The summed E-state index contributed by atoms with van der Waals surface area (Å²) >= 11 is 0. The number of nitrogens with one attached hydrogen (secondary N) is 3. The fraction of sp³-hybridized carbons (Fsp3) is 0.268. The van der Waals surface area contributed by atoms with Crippen LogP contribution < -0.4 is 16.0 Å². The molecule has 14 nitrogen and oxygen atoms in total. The number of esters is 2. The summed E-state index contributed by atoms with van der Waals surface area (Å²) in [5.41, 5.74) is 2.38. The summed E-state index contributed by atoms with van der Waals surface area (Å²) < 4.78 is 9.41. The molecule has 1 unspecified atom stereocenters. The normalized spacial score (nSPS) is 10.1. The van der Waals surface area contributed by atoms with E-state index in [9.17, 15) is 28.8 Å². The standard InChI is InChI=1S/C11H14N2O2.C11H13NO3.C10H12O4.C9H11NO/c1-9(14)12-7-8-13-11(15)10-5-3-2-4-6-10;1-9(13)15-8-7-12-11(14)10-5-3-2-4-6-10;11-6-9(12)7-14-10(13)8-4-2-1-3-5-8;1-10(2)9(11)8-6-4-3-5-7-8/h2-6H,7-8H2,1H3,(H,12,14)(H,13,15);2-6H,7-8H2,1H3,(H,12,14);1-5,9,11-12H,6-7H2;3-7H,1-2H3. The predicted octanol–water partition coefficient (Wildman–Crippen LogP) is 3.12. The van der Waals surface area contributed by atoms with Crippen LogP contribution in [0.25, 0.3) is 0 Å². The first-order valence-corrected chi connectivity index (χ1v) is 17.2. The Labute approximate surface area is 321 Å². The maximum absolute atomic E-state index is 11.5. The van der Waals surface area contributed by atoms with E-state index >= 15 is 0 Å². The number of hydrogen-bond acceptors (Lipinski definition) is 10. The Kier molecular flexibility index (Phi) is 23.9. The fourth-order valence-electron chi connectivity index (χ4n) is 3.88. The summed E-state index contributed by atoms with van der Waals surface area (Å²) in [6.45, 7) is 3.59. The van der Waals surface area contributed by atoms with Gasteiger partial charge in [0.25, 0.3) is 17.7 Å². The predicted molar refractivity (Wildman–Crippen MR) is 207 cm³/mol. The number of carbonyl (C=O) groups is 6. The van der Waals surface area contributed by atoms with Crippen molar-refractivity contribution < 1.29 is 48.5 Å². The van der Waals surface area contributed by atoms with Crippen LogP contribution in [-0.2, 0) is 19.1 Å². The zero-order chi connectivity index (χ0) is 40.8. The number of amides is 4. The smallest absolute Gasteiger partial charge is 0.338 e. The molecule has 0 aliphatic rings. The molecule has 4 amide bonds. The Hall–Kier alpha value is -6.38. The molecule has 0 spiro atoms. The second kappa shape index (κ2) is 28.2. The molecule has 0 fully saturated rings. The molecular formula is C41H50N4O10. The van der Waals surface area contributed by atoms with Crippen LogP contribution >= 0.6 is 0 Å². The summed E-state index contributed by atoms with van der Waals surface area (Å²) in [6.07, 6.45) is -1.01. The Morgan fingerprint density at radius 3 is 1.38 bits per heavy atom. The van der Waals surface area contributed by atoms with Crippen LogP contribution in [0.3, 0.4) is 0 Å². The minimum absolute atomic E-state index is 0.0469. The van der Waals surface area contributed by atoms with E-state index in [1.165, 1.54) is 13.8 Å². The highest BCUT2D eigenvalue weighted by molar-refractivity contribution is 5.95. The lowest BCUT2D eigenvalue weighted by Gasteiger charge is -2.08. The van der Waals surface area contributed by atoms with E-state index in [0.717, 1.165) is 5.56 Å². The molecule has 0 aliphatic carbocycles. The van der Waals surface area contributed by atoms with E-state index in [1.807, 2.05) is 54.6 Å². The van der Waals surface area contributed by atoms with Gasteiger partial charge < -0.3 is 40.5 Å². The van der Waals surface area contributed by atoms with Gasteiger partial charge in [-0.25, -0.2) is 4.79 Å². The number of aliphatic hydroxyl groups is 2. The zero-order valence-electron chi connectivity index (χ0n) is 31.5. The maximum atomic E-state index is 11.5. The third kappa shape index (κ3) is 22.3. The lowest BCUT2D eigenvalue weighted by Crippen LogP contribution is -2.33. The van der Waals surface area contributed by atoms with Gasteiger partial charge in [-0.15, -0.1) is 0 Å². The quantitative estimate of drug-likeness (QED) is 0.0997. The number of carbonyl (C=O) groups excluding carboxylic acids is 6. The van der Waals surface area contributed by atoms with E-state index in [2.05, 4.69) is 20.7 Å². The summed E-state index contributed by atoms with van der Waals surface area (Å²) in [6, 6.07) is 35.5. The van der Waals surface area contributed by atoms with E-state index in [-0.39, 0.29) is 42.8 Å². The molecule has 4 rings (SSSR count). The first-order valence-electron chi connectivity index (χ1n) is 17.2. The molecule has 1 atom stereocenters. The van der Waals surface area contributed by atoms with Crippen molar-refractivity contribution in [3.05, 3.63) is 144 Å². The molecule has 0 aliphatic heterocycles.